The Morgan fingerprint density at radius 3 is 2.19 bits per heavy atom. The van der Waals surface area contributed by atoms with E-state index in [1.54, 1.807) is 26.2 Å². The Hall–Kier alpha value is -2.89. The SMILES string of the molecule is COc1ccc(CC(C)C(=O)N(CC(=O)O)Cc2ccc(F)cc2)cc1. The molecule has 6 heteroatoms. The van der Waals surface area contributed by atoms with Gasteiger partial charge in [-0.05, 0) is 41.8 Å². The van der Waals surface area contributed by atoms with E-state index in [1.807, 2.05) is 24.3 Å². The van der Waals surface area contributed by atoms with E-state index in [0.717, 1.165) is 11.3 Å². The zero-order valence-corrected chi connectivity index (χ0v) is 14.8. The molecule has 1 atom stereocenters. The summed E-state index contributed by atoms with van der Waals surface area (Å²) in [5, 5.41) is 9.12. The van der Waals surface area contributed by atoms with Crippen LogP contribution in [0.4, 0.5) is 4.39 Å². The number of carbonyl (C=O) groups is 2. The molecule has 0 fully saturated rings. The zero-order valence-electron chi connectivity index (χ0n) is 14.8. The third-order valence-corrected chi connectivity index (χ3v) is 4.05. The maximum absolute atomic E-state index is 13.0. The van der Waals surface area contributed by atoms with Crippen LogP contribution in [0.5, 0.6) is 5.75 Å². The lowest BCUT2D eigenvalue weighted by atomic mass is 9.99. The molecule has 138 valence electrons. The quantitative estimate of drug-likeness (QED) is 0.786. The molecule has 0 spiro atoms. The van der Waals surface area contributed by atoms with Crippen LogP contribution in [0, 0.1) is 11.7 Å². The number of hydrogen-bond donors (Lipinski definition) is 1. The number of ether oxygens (including phenoxy) is 1. The number of aliphatic carboxylic acids is 1. The van der Waals surface area contributed by atoms with Gasteiger partial charge in [-0.1, -0.05) is 31.2 Å². The van der Waals surface area contributed by atoms with Crippen molar-refractivity contribution in [2.45, 2.75) is 19.9 Å². The minimum Gasteiger partial charge on any atom is -0.497 e. The van der Waals surface area contributed by atoms with Gasteiger partial charge in [0.1, 0.15) is 18.1 Å². The number of methoxy groups -OCH3 is 1. The molecule has 0 bridgehead atoms. The summed E-state index contributed by atoms with van der Waals surface area (Å²) in [7, 11) is 1.58. The summed E-state index contributed by atoms with van der Waals surface area (Å²) >= 11 is 0. The van der Waals surface area contributed by atoms with Crippen LogP contribution in [-0.4, -0.2) is 35.5 Å². The fourth-order valence-corrected chi connectivity index (χ4v) is 2.70. The fourth-order valence-electron chi connectivity index (χ4n) is 2.70. The Balaban J connectivity index is 2.08. The van der Waals surface area contributed by atoms with E-state index in [-0.39, 0.29) is 24.2 Å². The Bertz CT molecular complexity index is 743. The van der Waals surface area contributed by atoms with Crippen molar-refractivity contribution in [2.24, 2.45) is 5.92 Å². The van der Waals surface area contributed by atoms with Gasteiger partial charge in [0.25, 0.3) is 0 Å². The van der Waals surface area contributed by atoms with E-state index in [9.17, 15) is 14.0 Å². The summed E-state index contributed by atoms with van der Waals surface area (Å²) in [6.45, 7) is 1.49. The van der Waals surface area contributed by atoms with Crippen LogP contribution >= 0.6 is 0 Å². The highest BCUT2D eigenvalue weighted by Crippen LogP contribution is 2.17. The van der Waals surface area contributed by atoms with E-state index in [2.05, 4.69) is 0 Å². The summed E-state index contributed by atoms with van der Waals surface area (Å²) in [5.74, 6) is -1.37. The molecule has 26 heavy (non-hydrogen) atoms. The molecule has 5 nitrogen and oxygen atoms in total. The smallest absolute Gasteiger partial charge is 0.323 e. The van der Waals surface area contributed by atoms with E-state index in [0.29, 0.717) is 12.0 Å². The molecule has 0 aromatic heterocycles. The molecule has 0 heterocycles. The minimum atomic E-state index is -1.09. The average Bonchev–Trinajstić information content (AvgIpc) is 2.62. The molecule has 1 N–H and O–H groups in total. The van der Waals surface area contributed by atoms with Crippen molar-refractivity contribution in [2.75, 3.05) is 13.7 Å². The third kappa shape index (κ3) is 5.58. The number of halogens is 1. The summed E-state index contributed by atoms with van der Waals surface area (Å²) < 4.78 is 18.1. The fraction of sp³-hybridized carbons (Fsp3) is 0.300. The molecule has 2 aromatic rings. The van der Waals surface area contributed by atoms with Gasteiger partial charge >= 0.3 is 5.97 Å². The van der Waals surface area contributed by atoms with Crippen molar-refractivity contribution in [3.05, 3.63) is 65.5 Å². The van der Waals surface area contributed by atoms with Gasteiger partial charge in [-0.25, -0.2) is 4.39 Å². The van der Waals surface area contributed by atoms with Crippen molar-refractivity contribution >= 4 is 11.9 Å². The maximum atomic E-state index is 13.0. The van der Waals surface area contributed by atoms with E-state index in [1.165, 1.54) is 17.0 Å². The Morgan fingerprint density at radius 2 is 1.65 bits per heavy atom. The Labute approximate surface area is 152 Å². The molecule has 0 radical (unpaired) electrons. The topological polar surface area (TPSA) is 66.8 Å². The number of hydrogen-bond acceptors (Lipinski definition) is 3. The molecular formula is C20H22FNO4. The van der Waals surface area contributed by atoms with Gasteiger partial charge in [0, 0.05) is 12.5 Å². The normalized spacial score (nSPS) is 11.7. The molecule has 0 aliphatic rings. The zero-order chi connectivity index (χ0) is 19.1. The van der Waals surface area contributed by atoms with Crippen LogP contribution in [0.15, 0.2) is 48.5 Å². The first kappa shape index (κ1) is 19.4. The largest absolute Gasteiger partial charge is 0.497 e. The van der Waals surface area contributed by atoms with Gasteiger partial charge in [-0.2, -0.15) is 0 Å². The lowest BCUT2D eigenvalue weighted by molar-refractivity contribution is -0.146. The second kappa shape index (κ2) is 8.99. The van der Waals surface area contributed by atoms with Gasteiger partial charge in [0.2, 0.25) is 5.91 Å². The first-order valence-corrected chi connectivity index (χ1v) is 8.27. The number of carboxylic acids is 1. The van der Waals surface area contributed by atoms with E-state index >= 15 is 0 Å². The highest BCUT2D eigenvalue weighted by atomic mass is 19.1. The maximum Gasteiger partial charge on any atom is 0.323 e. The van der Waals surface area contributed by atoms with Crippen LogP contribution < -0.4 is 4.74 Å². The number of nitrogens with zero attached hydrogens (tertiary/aromatic N) is 1. The van der Waals surface area contributed by atoms with Gasteiger partial charge in [-0.15, -0.1) is 0 Å². The summed E-state index contributed by atoms with van der Waals surface area (Å²) in [5.41, 5.74) is 1.64. The monoisotopic (exact) mass is 359 g/mol. The van der Waals surface area contributed by atoms with Gasteiger partial charge in [0.15, 0.2) is 0 Å². The highest BCUT2D eigenvalue weighted by Gasteiger charge is 2.23. The molecule has 2 rings (SSSR count). The highest BCUT2D eigenvalue weighted by molar-refractivity contribution is 5.83. The minimum absolute atomic E-state index is 0.123. The van der Waals surface area contributed by atoms with Crippen LogP contribution in [0.1, 0.15) is 18.1 Å². The summed E-state index contributed by atoms with van der Waals surface area (Å²) in [6, 6.07) is 13.1. The number of carboxylic acid groups (broad SMARTS) is 1. The third-order valence-electron chi connectivity index (χ3n) is 4.05. The standard InChI is InChI=1S/C20H22FNO4/c1-14(11-15-5-9-18(26-2)10-6-15)20(25)22(13-19(23)24)12-16-3-7-17(21)8-4-16/h3-10,14H,11-13H2,1-2H3,(H,23,24). The first-order valence-electron chi connectivity index (χ1n) is 8.27. The second-order valence-electron chi connectivity index (χ2n) is 6.17. The van der Waals surface area contributed by atoms with Gasteiger partial charge < -0.3 is 14.7 Å². The molecule has 0 saturated heterocycles. The predicted molar refractivity (Wildman–Crippen MR) is 95.3 cm³/mol. The predicted octanol–water partition coefficient (Wildman–Crippen LogP) is 3.13. The van der Waals surface area contributed by atoms with Gasteiger partial charge in [0.05, 0.1) is 7.11 Å². The Morgan fingerprint density at radius 1 is 1.08 bits per heavy atom. The summed E-state index contributed by atoms with van der Waals surface area (Å²) in [6.07, 6.45) is 0.488. The molecule has 1 amide bonds. The number of carbonyl (C=O) groups excluding carboxylic acids is 1. The van der Waals surface area contributed by atoms with Crippen molar-refractivity contribution < 1.29 is 23.8 Å². The number of rotatable bonds is 8. The number of benzene rings is 2. The van der Waals surface area contributed by atoms with Crippen molar-refractivity contribution in [3.63, 3.8) is 0 Å². The van der Waals surface area contributed by atoms with E-state index < -0.39 is 12.5 Å². The number of amides is 1. The van der Waals surface area contributed by atoms with Crippen molar-refractivity contribution in [3.8, 4) is 5.75 Å². The van der Waals surface area contributed by atoms with Crippen LogP contribution in [-0.2, 0) is 22.6 Å². The first-order chi connectivity index (χ1) is 12.4. The molecule has 0 aliphatic heterocycles. The second-order valence-corrected chi connectivity index (χ2v) is 6.17. The van der Waals surface area contributed by atoms with Crippen molar-refractivity contribution in [1.82, 2.24) is 4.90 Å². The lowest BCUT2D eigenvalue weighted by Gasteiger charge is -2.24. The molecule has 0 aliphatic carbocycles. The molecule has 0 saturated carbocycles. The van der Waals surface area contributed by atoms with E-state index in [4.69, 9.17) is 9.84 Å². The van der Waals surface area contributed by atoms with Crippen LogP contribution in [0.3, 0.4) is 0 Å². The average molecular weight is 359 g/mol. The van der Waals surface area contributed by atoms with Crippen molar-refractivity contribution in [1.29, 1.82) is 0 Å². The van der Waals surface area contributed by atoms with Gasteiger partial charge in [-0.3, -0.25) is 9.59 Å². The van der Waals surface area contributed by atoms with Crippen LogP contribution in [0.25, 0.3) is 0 Å². The Kier molecular flexibility index (Phi) is 6.72. The summed E-state index contributed by atoms with van der Waals surface area (Å²) in [4.78, 5) is 25.2. The van der Waals surface area contributed by atoms with Crippen LogP contribution in [0.2, 0.25) is 0 Å². The molecule has 2 aromatic carbocycles. The molecular weight excluding hydrogens is 337 g/mol. The lowest BCUT2D eigenvalue weighted by Crippen LogP contribution is -2.39. The molecule has 1 unspecified atom stereocenters.